The number of sulfonamides is 1. The Kier molecular flexibility index (Phi) is 24.7. The molecule has 2 saturated heterocycles. The SMILES string of the molecule is O=C([O-])CN1CCN(CCNS(=O)(=O)c2ccc(NC(=O)OCC3(N(CC(=O)O)CC(=O)O)CN(CC(=O)O)CCN(CC(=O)O)C3)cc2)CCN(CC(=O)[O-])CCN(CC(=O)[O-])CC1.[Gd+3]. The van der Waals surface area contributed by atoms with Crippen LogP contribution in [0.25, 0.3) is 0 Å². The van der Waals surface area contributed by atoms with Gasteiger partial charge in [-0.1, -0.05) is 0 Å². The van der Waals surface area contributed by atoms with Gasteiger partial charge in [0.1, 0.15) is 6.61 Å². The van der Waals surface area contributed by atoms with Gasteiger partial charge in [-0.05, 0) is 24.3 Å². The van der Waals surface area contributed by atoms with Crippen molar-refractivity contribution in [2.75, 3.05) is 149 Å². The first-order valence-electron chi connectivity index (χ1n) is 20.1. The number of hydrogen-bond acceptors (Lipinski definition) is 21. The van der Waals surface area contributed by atoms with Gasteiger partial charge in [-0.25, -0.2) is 17.9 Å². The molecule has 1 aromatic carbocycles. The molecule has 0 aromatic heterocycles. The van der Waals surface area contributed by atoms with Crippen LogP contribution in [-0.4, -0.2) is 261 Å². The zero-order chi connectivity index (χ0) is 48.3. The van der Waals surface area contributed by atoms with Crippen LogP contribution in [0.1, 0.15) is 0 Å². The number of carbonyl (C=O) groups is 8. The molecule has 2 aliphatic rings. The van der Waals surface area contributed by atoms with Crippen LogP contribution in [0.2, 0.25) is 0 Å². The number of carboxylic acids is 7. The summed E-state index contributed by atoms with van der Waals surface area (Å²) in [6.07, 6.45) is -1.15. The summed E-state index contributed by atoms with van der Waals surface area (Å²) in [5.41, 5.74) is -1.72. The number of anilines is 1. The van der Waals surface area contributed by atoms with Crippen molar-refractivity contribution in [1.29, 1.82) is 0 Å². The summed E-state index contributed by atoms with van der Waals surface area (Å²) >= 11 is 0. The second-order valence-corrected chi connectivity index (χ2v) is 17.3. The van der Waals surface area contributed by atoms with Crippen molar-refractivity contribution in [3.63, 3.8) is 0 Å². The van der Waals surface area contributed by atoms with Crippen LogP contribution in [0, 0.1) is 39.9 Å². The largest absolute Gasteiger partial charge is 3.00 e. The fourth-order valence-electron chi connectivity index (χ4n) is 7.39. The van der Waals surface area contributed by atoms with Crippen LogP contribution >= 0.6 is 0 Å². The average molecular weight is 1100 g/mol. The van der Waals surface area contributed by atoms with Crippen molar-refractivity contribution in [3.05, 3.63) is 24.3 Å². The Morgan fingerprint density at radius 3 is 1.33 bits per heavy atom. The number of amides is 1. The number of carbonyl (C=O) groups excluding carboxylic acids is 4. The molecule has 1 amide bonds. The molecular weight excluding hydrogens is 1050 g/mol. The van der Waals surface area contributed by atoms with E-state index in [2.05, 4.69) is 10.0 Å². The van der Waals surface area contributed by atoms with E-state index < -0.39 is 116 Å². The molecule has 0 spiro atoms. The Hall–Kier alpha value is -4.27. The van der Waals surface area contributed by atoms with E-state index in [0.29, 0.717) is 0 Å². The van der Waals surface area contributed by atoms with E-state index in [1.165, 1.54) is 36.6 Å². The number of benzene rings is 1. The van der Waals surface area contributed by atoms with Crippen LogP contribution in [-0.2, 0) is 48.3 Å². The van der Waals surface area contributed by atoms with E-state index in [0.717, 1.165) is 17.0 Å². The maximum absolute atomic E-state index is 13.3. The minimum absolute atomic E-state index is 0. The Labute approximate surface area is 411 Å². The van der Waals surface area contributed by atoms with Crippen LogP contribution < -0.4 is 25.4 Å². The summed E-state index contributed by atoms with van der Waals surface area (Å²) in [7, 11) is -4.18. The van der Waals surface area contributed by atoms with Crippen molar-refractivity contribution in [2.24, 2.45) is 0 Å². The third-order valence-electron chi connectivity index (χ3n) is 10.4. The quantitative estimate of drug-likeness (QED) is 0.0593. The summed E-state index contributed by atoms with van der Waals surface area (Å²) in [6, 6.07) is 4.78. The Morgan fingerprint density at radius 2 is 0.970 bits per heavy atom. The molecule has 0 aliphatic carbocycles. The van der Waals surface area contributed by atoms with E-state index in [1.54, 1.807) is 4.90 Å². The predicted molar refractivity (Wildman–Crippen MR) is 215 cm³/mol. The summed E-state index contributed by atoms with van der Waals surface area (Å²) in [5, 5.41) is 75.0. The standard InChI is InChI=1S/C37H57N9O18S.Gd/c47-29(48)17-41-9-7-40(8-10-42(18-30(49)50)12-14-43(13-11-41)19-31(51)52)6-5-38-65(62,63)28-3-1-27(2-4-28)39-36(61)64-26-37(46(22-34(57)58)23-35(59)60)24-44(20-32(53)54)15-16-45(25-37)21-33(55)56;/h1-4,38H,5-26H2,(H,39,61)(H,47,48)(H,49,50)(H,51,52)(H,53,54)(H,55,56)(H,57,58)(H,59,60);/q;+3/p-3. The van der Waals surface area contributed by atoms with Gasteiger partial charge in [0.2, 0.25) is 10.0 Å². The normalized spacial score (nSPS) is 17.8. The van der Waals surface area contributed by atoms with Gasteiger partial charge in [0.15, 0.2) is 0 Å². The van der Waals surface area contributed by atoms with Crippen LogP contribution in [0.5, 0.6) is 0 Å². The number of ether oxygens (including phenoxy) is 1. The zero-order valence-corrected chi connectivity index (χ0v) is 38.8. The van der Waals surface area contributed by atoms with Gasteiger partial charge < -0.3 is 54.9 Å². The third-order valence-corrected chi connectivity index (χ3v) is 11.9. The van der Waals surface area contributed by atoms with Crippen molar-refractivity contribution in [3.8, 4) is 0 Å². The van der Waals surface area contributed by atoms with Crippen molar-refractivity contribution >= 4 is 63.6 Å². The predicted octanol–water partition coefficient (Wildman–Crippen LogP) is -8.02. The average Bonchev–Trinajstić information content (AvgIpc) is 3.35. The number of nitrogens with zero attached hydrogens (tertiary/aromatic N) is 7. The first kappa shape index (κ1) is 57.9. The van der Waals surface area contributed by atoms with E-state index >= 15 is 0 Å². The second kappa shape index (κ2) is 28.2. The summed E-state index contributed by atoms with van der Waals surface area (Å²) in [5.74, 6) is -9.58. The monoisotopic (exact) mass is 1100 g/mol. The molecule has 6 N–H and O–H groups in total. The number of hydrogen-bond donors (Lipinski definition) is 6. The van der Waals surface area contributed by atoms with Crippen LogP contribution in [0.15, 0.2) is 29.2 Å². The van der Waals surface area contributed by atoms with E-state index in [1.807, 2.05) is 0 Å². The molecule has 0 atom stereocenters. The minimum Gasteiger partial charge on any atom is -0.549 e. The van der Waals surface area contributed by atoms with Gasteiger partial charge in [-0.2, -0.15) is 0 Å². The van der Waals surface area contributed by atoms with Gasteiger partial charge in [0.25, 0.3) is 0 Å². The van der Waals surface area contributed by atoms with Gasteiger partial charge in [-0.15, -0.1) is 0 Å². The molecule has 29 heteroatoms. The molecular formula is C37H54GdN9O18S. The van der Waals surface area contributed by atoms with Gasteiger partial charge in [0.05, 0.1) is 54.5 Å². The van der Waals surface area contributed by atoms with Crippen molar-refractivity contribution < 1.29 is 127 Å². The smallest absolute Gasteiger partial charge is 0.549 e. The zero-order valence-electron chi connectivity index (χ0n) is 35.8. The van der Waals surface area contributed by atoms with E-state index in [9.17, 15) is 82.5 Å². The molecule has 2 heterocycles. The van der Waals surface area contributed by atoms with E-state index in [-0.39, 0.29) is 142 Å². The Morgan fingerprint density at radius 1 is 0.591 bits per heavy atom. The minimum atomic E-state index is -4.18. The van der Waals surface area contributed by atoms with Crippen molar-refractivity contribution in [2.45, 2.75) is 10.4 Å². The molecule has 1 aromatic rings. The third kappa shape index (κ3) is 21.6. The first-order chi connectivity index (χ1) is 30.5. The van der Waals surface area contributed by atoms with Crippen LogP contribution in [0.4, 0.5) is 10.5 Å². The fraction of sp³-hybridized carbons (Fsp3) is 0.622. The summed E-state index contributed by atoms with van der Waals surface area (Å²) in [4.78, 5) is 104. The first-order valence-corrected chi connectivity index (χ1v) is 21.6. The fourth-order valence-corrected chi connectivity index (χ4v) is 8.41. The number of nitrogens with one attached hydrogen (secondary N) is 2. The van der Waals surface area contributed by atoms with E-state index in [4.69, 9.17) is 4.74 Å². The molecule has 0 saturated carbocycles. The Bertz CT molecular complexity index is 1880. The topological polar surface area (TPSA) is 377 Å². The molecule has 2 fully saturated rings. The number of carboxylic acid groups (broad SMARTS) is 7. The second-order valence-electron chi connectivity index (χ2n) is 15.5. The summed E-state index contributed by atoms with van der Waals surface area (Å²) < 4.78 is 34.5. The maximum Gasteiger partial charge on any atom is 3.00 e. The number of rotatable bonds is 23. The molecule has 0 bridgehead atoms. The Balaban J connectivity index is 0.0000150. The maximum atomic E-state index is 13.3. The van der Waals surface area contributed by atoms with Gasteiger partial charge in [0, 0.05) is 117 Å². The molecule has 369 valence electrons. The molecule has 66 heavy (non-hydrogen) atoms. The summed E-state index contributed by atoms with van der Waals surface area (Å²) in [6.45, 7) is -4.55. The molecule has 2 aliphatic heterocycles. The number of aliphatic carboxylic acids is 7. The molecule has 27 nitrogen and oxygen atoms in total. The molecule has 0 unspecified atom stereocenters. The van der Waals surface area contributed by atoms with Gasteiger partial charge >= 0.3 is 69.9 Å². The van der Waals surface area contributed by atoms with Crippen LogP contribution in [0.3, 0.4) is 0 Å². The molecule has 3 rings (SSSR count). The molecule has 1 radical (unpaired) electrons. The van der Waals surface area contributed by atoms with Gasteiger partial charge in [-0.3, -0.25) is 58.8 Å². The van der Waals surface area contributed by atoms with Crippen molar-refractivity contribution in [1.82, 2.24) is 39.0 Å².